The molecular weight excluding hydrogens is 428 g/mol. The number of ether oxygens (including phenoxy) is 1. The van der Waals surface area contributed by atoms with Crippen molar-refractivity contribution in [2.75, 3.05) is 26.7 Å². The summed E-state index contributed by atoms with van der Waals surface area (Å²) in [7, 11) is 3.19. The second-order valence-electron chi connectivity index (χ2n) is 7.86. The zero-order valence-electron chi connectivity index (χ0n) is 18.6. The first-order chi connectivity index (χ1) is 16.0. The van der Waals surface area contributed by atoms with Crippen LogP contribution < -0.4 is 15.6 Å². The van der Waals surface area contributed by atoms with Crippen LogP contribution in [0.5, 0.6) is 5.88 Å². The number of aromatic nitrogens is 4. The number of amides is 2. The third-order valence-corrected chi connectivity index (χ3v) is 5.56. The fourth-order valence-electron chi connectivity index (χ4n) is 3.91. The minimum Gasteiger partial charge on any atom is -0.479 e. The van der Waals surface area contributed by atoms with Crippen molar-refractivity contribution >= 4 is 11.8 Å². The number of aryl methyl sites for hydroxylation is 1. The number of hydrogen-bond acceptors (Lipinski definition) is 7. The fourth-order valence-corrected chi connectivity index (χ4v) is 3.91. The topological polar surface area (TPSA) is 124 Å². The van der Waals surface area contributed by atoms with Crippen molar-refractivity contribution in [1.29, 1.82) is 0 Å². The quantitative estimate of drug-likeness (QED) is 0.563. The number of piperidine rings is 1. The Bertz CT molecular complexity index is 1180. The zero-order valence-corrected chi connectivity index (χ0v) is 18.6. The van der Waals surface area contributed by atoms with E-state index < -0.39 is 0 Å². The van der Waals surface area contributed by atoms with Gasteiger partial charge in [-0.2, -0.15) is 5.10 Å². The van der Waals surface area contributed by atoms with E-state index in [1.54, 1.807) is 36.3 Å². The van der Waals surface area contributed by atoms with Gasteiger partial charge in [-0.3, -0.25) is 19.1 Å². The fraction of sp³-hybridized carbons (Fsp3) is 0.409. The second kappa shape index (κ2) is 9.72. The summed E-state index contributed by atoms with van der Waals surface area (Å²) in [5, 5.41) is 11.3. The Morgan fingerprint density at radius 3 is 2.88 bits per heavy atom. The molecule has 1 atom stereocenters. The van der Waals surface area contributed by atoms with E-state index in [1.165, 1.54) is 28.8 Å². The molecule has 1 saturated heterocycles. The third-order valence-electron chi connectivity index (χ3n) is 5.56. The van der Waals surface area contributed by atoms with E-state index in [1.807, 2.05) is 0 Å². The van der Waals surface area contributed by atoms with E-state index in [9.17, 15) is 14.4 Å². The highest BCUT2D eigenvalue weighted by molar-refractivity contribution is 5.96. The summed E-state index contributed by atoms with van der Waals surface area (Å²) in [5.41, 5.74) is 0.653. The maximum atomic E-state index is 12.9. The van der Waals surface area contributed by atoms with Crippen LogP contribution >= 0.6 is 0 Å². The molecule has 0 bridgehead atoms. The lowest BCUT2D eigenvalue weighted by Gasteiger charge is -2.32. The zero-order chi connectivity index (χ0) is 23.4. The number of methoxy groups -OCH3 is 1. The molecule has 4 heterocycles. The predicted octanol–water partition coefficient (Wildman–Crippen LogP) is 0.914. The molecule has 1 fully saturated rings. The van der Waals surface area contributed by atoms with Crippen LogP contribution in [0, 0.1) is 5.92 Å². The summed E-state index contributed by atoms with van der Waals surface area (Å²) in [6.07, 6.45) is 4.56. The van der Waals surface area contributed by atoms with Gasteiger partial charge in [0.15, 0.2) is 5.76 Å². The first-order valence-corrected chi connectivity index (χ1v) is 10.7. The van der Waals surface area contributed by atoms with Gasteiger partial charge in [-0.05, 0) is 31.0 Å². The van der Waals surface area contributed by atoms with Crippen LogP contribution in [0.15, 0.2) is 45.9 Å². The first-order valence-electron chi connectivity index (χ1n) is 10.7. The molecule has 0 aliphatic carbocycles. The molecule has 0 spiro atoms. The summed E-state index contributed by atoms with van der Waals surface area (Å²) < 4.78 is 13.3. The number of furan rings is 1. The summed E-state index contributed by atoms with van der Waals surface area (Å²) in [6.45, 7) is 1.35. The number of likely N-dealkylation sites (tertiary alicyclic amines) is 1. The van der Waals surface area contributed by atoms with Crippen LogP contribution in [-0.2, 0) is 18.4 Å². The lowest BCUT2D eigenvalue weighted by molar-refractivity contribution is -0.126. The highest BCUT2D eigenvalue weighted by atomic mass is 16.5. The maximum Gasteiger partial charge on any atom is 0.266 e. The Kier molecular flexibility index (Phi) is 6.57. The van der Waals surface area contributed by atoms with Crippen molar-refractivity contribution in [3.63, 3.8) is 0 Å². The Labute approximate surface area is 189 Å². The van der Waals surface area contributed by atoms with Gasteiger partial charge in [0, 0.05) is 38.9 Å². The van der Waals surface area contributed by atoms with Crippen LogP contribution in [0.4, 0.5) is 0 Å². The van der Waals surface area contributed by atoms with Gasteiger partial charge in [0.2, 0.25) is 11.8 Å². The first kappa shape index (κ1) is 22.3. The largest absolute Gasteiger partial charge is 0.479 e. The van der Waals surface area contributed by atoms with E-state index >= 15 is 0 Å². The van der Waals surface area contributed by atoms with E-state index in [-0.39, 0.29) is 42.3 Å². The van der Waals surface area contributed by atoms with E-state index in [2.05, 4.69) is 15.5 Å². The maximum absolute atomic E-state index is 12.9. The highest BCUT2D eigenvalue weighted by Gasteiger charge is 2.31. The molecule has 0 radical (unpaired) electrons. The van der Waals surface area contributed by atoms with Gasteiger partial charge in [0.05, 0.1) is 25.8 Å². The standard InChI is InChI=1S/C22H26N6O5/c1-26-14-16(21(25-26)32-2)22(31)27-10-3-5-15(13-27)20(30)23-9-11-28-19(29)8-7-17(24-28)18-6-4-12-33-18/h4,6-8,12,14-15H,3,5,9-11,13H2,1-2H3,(H,23,30)/t15-/m0/s1. The van der Waals surface area contributed by atoms with Crippen LogP contribution in [0.1, 0.15) is 23.2 Å². The molecule has 0 aromatic carbocycles. The van der Waals surface area contributed by atoms with Crippen molar-refractivity contribution in [3.05, 3.63) is 52.6 Å². The Hall–Kier alpha value is -3.89. The summed E-state index contributed by atoms with van der Waals surface area (Å²) in [6, 6.07) is 6.52. The average Bonchev–Trinajstić information content (AvgIpc) is 3.49. The molecule has 11 nitrogen and oxygen atoms in total. The molecule has 4 rings (SSSR count). The van der Waals surface area contributed by atoms with Crippen LogP contribution in [0.3, 0.4) is 0 Å². The van der Waals surface area contributed by atoms with Crippen molar-refractivity contribution in [2.24, 2.45) is 13.0 Å². The normalized spacial score (nSPS) is 15.9. The van der Waals surface area contributed by atoms with Crippen LogP contribution in [-0.4, -0.2) is 63.0 Å². The van der Waals surface area contributed by atoms with Crippen LogP contribution in [0.2, 0.25) is 0 Å². The van der Waals surface area contributed by atoms with Crippen molar-refractivity contribution < 1.29 is 18.7 Å². The van der Waals surface area contributed by atoms with Crippen molar-refractivity contribution in [3.8, 4) is 17.3 Å². The molecule has 2 amide bonds. The monoisotopic (exact) mass is 454 g/mol. The number of nitrogens with zero attached hydrogens (tertiary/aromatic N) is 5. The molecule has 0 unspecified atom stereocenters. The molecule has 1 aliphatic rings. The molecular formula is C22H26N6O5. The Morgan fingerprint density at radius 1 is 1.27 bits per heavy atom. The minimum atomic E-state index is -0.329. The molecule has 3 aromatic rings. The average molecular weight is 454 g/mol. The summed E-state index contributed by atoms with van der Waals surface area (Å²) in [4.78, 5) is 39.5. The van der Waals surface area contributed by atoms with Crippen LogP contribution in [0.25, 0.3) is 11.5 Å². The summed E-state index contributed by atoms with van der Waals surface area (Å²) in [5.74, 6) is 0.141. The molecule has 3 aromatic heterocycles. The van der Waals surface area contributed by atoms with E-state index in [0.717, 1.165) is 6.42 Å². The van der Waals surface area contributed by atoms with Gasteiger partial charge in [0.1, 0.15) is 11.3 Å². The number of hydrogen-bond donors (Lipinski definition) is 1. The molecule has 33 heavy (non-hydrogen) atoms. The SMILES string of the molecule is COc1nn(C)cc1C(=O)N1CCC[C@H](C(=O)NCCn2nc(-c3ccco3)ccc2=O)C1. The number of carbonyl (C=O) groups is 2. The van der Waals surface area contributed by atoms with E-state index in [0.29, 0.717) is 36.5 Å². The Morgan fingerprint density at radius 2 is 2.12 bits per heavy atom. The second-order valence-corrected chi connectivity index (χ2v) is 7.86. The molecule has 1 N–H and O–H groups in total. The predicted molar refractivity (Wildman–Crippen MR) is 118 cm³/mol. The number of nitrogens with one attached hydrogen (secondary N) is 1. The highest BCUT2D eigenvalue weighted by Crippen LogP contribution is 2.22. The van der Waals surface area contributed by atoms with Gasteiger partial charge < -0.3 is 19.4 Å². The molecule has 174 valence electrons. The van der Waals surface area contributed by atoms with Gasteiger partial charge in [-0.25, -0.2) is 4.68 Å². The van der Waals surface area contributed by atoms with Crippen molar-refractivity contribution in [2.45, 2.75) is 19.4 Å². The number of rotatable bonds is 7. The molecule has 1 aliphatic heterocycles. The Balaban J connectivity index is 1.34. The lowest BCUT2D eigenvalue weighted by Crippen LogP contribution is -2.46. The number of carbonyl (C=O) groups excluding carboxylic acids is 2. The summed E-state index contributed by atoms with van der Waals surface area (Å²) >= 11 is 0. The lowest BCUT2D eigenvalue weighted by atomic mass is 9.96. The minimum absolute atomic E-state index is 0.152. The van der Waals surface area contributed by atoms with Crippen molar-refractivity contribution in [1.82, 2.24) is 29.8 Å². The third kappa shape index (κ3) is 4.97. The van der Waals surface area contributed by atoms with Gasteiger partial charge >= 0.3 is 0 Å². The molecule has 11 heteroatoms. The van der Waals surface area contributed by atoms with Gasteiger partial charge in [-0.1, -0.05) is 0 Å². The van der Waals surface area contributed by atoms with E-state index in [4.69, 9.17) is 9.15 Å². The molecule has 0 saturated carbocycles. The smallest absolute Gasteiger partial charge is 0.266 e. The van der Waals surface area contributed by atoms with Gasteiger partial charge in [-0.15, -0.1) is 5.10 Å². The van der Waals surface area contributed by atoms with Gasteiger partial charge in [0.25, 0.3) is 11.5 Å².